The Morgan fingerprint density at radius 3 is 2.17 bits per heavy atom. The number of hydrogen-bond acceptors (Lipinski definition) is 2. The molecule has 1 unspecified atom stereocenters. The Labute approximate surface area is 110 Å². The average molecular weight is 275 g/mol. The van der Waals surface area contributed by atoms with Crippen LogP contribution in [0.5, 0.6) is 0 Å². The van der Waals surface area contributed by atoms with Crippen molar-refractivity contribution >= 4 is 11.1 Å². The first-order valence-electron chi connectivity index (χ1n) is 7.01. The minimum absolute atomic E-state index is 0.149. The molecule has 0 saturated heterocycles. The van der Waals surface area contributed by atoms with Crippen LogP contribution < -0.4 is 5.32 Å². The lowest BCUT2D eigenvalue weighted by Crippen LogP contribution is -2.59. The zero-order chi connectivity index (χ0) is 12.8. The Hall–Kier alpha value is -0.0000000000000000486. The molecule has 0 amide bonds. The van der Waals surface area contributed by atoms with Gasteiger partial charge < -0.3 is 9.87 Å². The summed E-state index contributed by atoms with van der Waals surface area (Å²) in [5, 5.41) is 3.41. The van der Waals surface area contributed by atoms with Crippen LogP contribution in [0, 0.1) is 17.8 Å². The molecule has 18 heavy (non-hydrogen) atoms. The lowest BCUT2D eigenvalue weighted by atomic mass is 9.53. The smallest absolute Gasteiger partial charge is 0.155 e. The molecule has 2 atom stereocenters. The highest BCUT2D eigenvalue weighted by Gasteiger charge is 2.50. The fraction of sp³-hybridized carbons (Fsp3) is 1.00. The van der Waals surface area contributed by atoms with Crippen LogP contribution in [0.1, 0.15) is 38.5 Å². The van der Waals surface area contributed by atoms with Crippen LogP contribution in [0.15, 0.2) is 0 Å². The van der Waals surface area contributed by atoms with E-state index in [9.17, 15) is 8.60 Å². The third kappa shape index (κ3) is 2.63. The molecule has 0 aromatic heterocycles. The van der Waals surface area contributed by atoms with Crippen molar-refractivity contribution in [1.82, 2.24) is 5.32 Å². The van der Waals surface area contributed by atoms with Gasteiger partial charge in [-0.25, -0.2) is 8.60 Å². The first-order chi connectivity index (χ1) is 8.55. The number of halogens is 1. The number of nitrogens with one attached hydrogen (secondary N) is 1. The van der Waals surface area contributed by atoms with Crippen LogP contribution in [-0.4, -0.2) is 32.8 Å². The summed E-state index contributed by atoms with van der Waals surface area (Å²) in [6.45, 7) is 0.235. The molecule has 0 aromatic rings. The molecule has 4 aliphatic rings. The van der Waals surface area contributed by atoms with Gasteiger partial charge in [0.25, 0.3) is 0 Å². The summed E-state index contributed by atoms with van der Waals surface area (Å²) in [7, 11) is 0. The topological polar surface area (TPSA) is 49.3 Å². The summed E-state index contributed by atoms with van der Waals surface area (Å²) < 4.78 is 32.8. The zero-order valence-corrected chi connectivity index (χ0v) is 11.4. The standard InChI is InChI=1S/C13H22FNO2S/c14-12(8-18(16)17)7-15-13-4-9-1-10(5-13)3-11(2-9)6-13/h9-12,15H,1-8H2,(H,16,17)/t9?,10?,11?,12-,13?/m1/s1. The van der Waals surface area contributed by atoms with Gasteiger partial charge in [-0.2, -0.15) is 0 Å². The first kappa shape index (κ1) is 13.0. The maximum atomic E-state index is 13.5. The lowest BCUT2D eigenvalue weighted by Gasteiger charge is -2.57. The molecule has 0 aromatic carbocycles. The van der Waals surface area contributed by atoms with Gasteiger partial charge in [0, 0.05) is 12.1 Å². The van der Waals surface area contributed by atoms with Crippen molar-refractivity contribution in [1.29, 1.82) is 0 Å². The van der Waals surface area contributed by atoms with Crippen molar-refractivity contribution in [2.75, 3.05) is 12.3 Å². The summed E-state index contributed by atoms with van der Waals surface area (Å²) in [6.07, 6.45) is 6.49. The second kappa shape index (κ2) is 4.84. The number of rotatable bonds is 5. The van der Waals surface area contributed by atoms with Crippen molar-refractivity contribution in [2.45, 2.75) is 50.2 Å². The molecule has 4 aliphatic carbocycles. The molecule has 4 fully saturated rings. The van der Waals surface area contributed by atoms with E-state index in [1.165, 1.54) is 38.5 Å². The minimum Gasteiger partial charge on any atom is -0.308 e. The average Bonchev–Trinajstić information content (AvgIpc) is 2.23. The summed E-state index contributed by atoms with van der Waals surface area (Å²) in [5.41, 5.74) is 0.149. The van der Waals surface area contributed by atoms with Crippen LogP contribution in [0.25, 0.3) is 0 Å². The van der Waals surface area contributed by atoms with Crippen molar-refractivity contribution in [3.8, 4) is 0 Å². The van der Waals surface area contributed by atoms with E-state index in [0.717, 1.165) is 17.8 Å². The Morgan fingerprint density at radius 2 is 1.72 bits per heavy atom. The van der Waals surface area contributed by atoms with E-state index in [1.54, 1.807) is 0 Å². The van der Waals surface area contributed by atoms with Gasteiger partial charge in [0.2, 0.25) is 0 Å². The number of alkyl halides is 1. The summed E-state index contributed by atoms with van der Waals surface area (Å²) in [6, 6.07) is 0. The van der Waals surface area contributed by atoms with Crippen molar-refractivity contribution < 1.29 is 13.2 Å². The molecule has 2 N–H and O–H groups in total. The Balaban J connectivity index is 1.57. The fourth-order valence-corrected chi connectivity index (χ4v) is 5.30. The SMILES string of the molecule is O=S(O)C[C@H](F)CNC12CC3CC(CC(C3)C1)C2. The molecule has 0 aliphatic heterocycles. The van der Waals surface area contributed by atoms with Crippen LogP contribution in [0.3, 0.4) is 0 Å². The van der Waals surface area contributed by atoms with Crippen molar-refractivity contribution in [3.05, 3.63) is 0 Å². The molecule has 104 valence electrons. The quantitative estimate of drug-likeness (QED) is 0.756. The fourth-order valence-electron chi connectivity index (χ4n) is 4.87. The van der Waals surface area contributed by atoms with E-state index in [4.69, 9.17) is 4.55 Å². The van der Waals surface area contributed by atoms with Gasteiger partial charge in [0.05, 0.1) is 5.75 Å². The molecule has 4 saturated carbocycles. The van der Waals surface area contributed by atoms with Gasteiger partial charge >= 0.3 is 0 Å². The van der Waals surface area contributed by atoms with E-state index in [1.807, 2.05) is 0 Å². The predicted octanol–water partition coefficient (Wildman–Crippen LogP) is 2.10. The molecule has 0 radical (unpaired) electrons. The molecule has 0 spiro atoms. The third-order valence-electron chi connectivity index (χ3n) is 5.06. The second-order valence-corrected chi connectivity index (χ2v) is 7.64. The van der Waals surface area contributed by atoms with Crippen molar-refractivity contribution in [2.24, 2.45) is 17.8 Å². The Morgan fingerprint density at radius 1 is 1.22 bits per heavy atom. The van der Waals surface area contributed by atoms with E-state index < -0.39 is 17.3 Å². The largest absolute Gasteiger partial charge is 0.308 e. The van der Waals surface area contributed by atoms with Gasteiger partial charge in [-0.05, 0) is 56.3 Å². The van der Waals surface area contributed by atoms with E-state index >= 15 is 0 Å². The van der Waals surface area contributed by atoms with Gasteiger partial charge in [0.1, 0.15) is 6.17 Å². The normalized spacial score (nSPS) is 45.1. The molecule has 5 heteroatoms. The highest BCUT2D eigenvalue weighted by molar-refractivity contribution is 7.79. The zero-order valence-electron chi connectivity index (χ0n) is 10.6. The van der Waals surface area contributed by atoms with Crippen LogP contribution in [0.2, 0.25) is 0 Å². The molecule has 4 bridgehead atoms. The van der Waals surface area contributed by atoms with Crippen LogP contribution >= 0.6 is 0 Å². The van der Waals surface area contributed by atoms with Crippen LogP contribution in [0.4, 0.5) is 4.39 Å². The highest BCUT2D eigenvalue weighted by Crippen LogP contribution is 2.55. The van der Waals surface area contributed by atoms with E-state index in [0.29, 0.717) is 0 Å². The molecular weight excluding hydrogens is 253 g/mol. The lowest BCUT2D eigenvalue weighted by molar-refractivity contribution is -0.0216. The second-order valence-electron chi connectivity index (χ2n) is 6.66. The third-order valence-corrected chi connectivity index (χ3v) is 5.71. The van der Waals surface area contributed by atoms with Gasteiger partial charge in [-0.1, -0.05) is 0 Å². The molecule has 3 nitrogen and oxygen atoms in total. The van der Waals surface area contributed by atoms with Crippen molar-refractivity contribution in [3.63, 3.8) is 0 Å². The van der Waals surface area contributed by atoms with Crippen LogP contribution in [-0.2, 0) is 11.1 Å². The predicted molar refractivity (Wildman–Crippen MR) is 69.4 cm³/mol. The Kier molecular flexibility index (Phi) is 3.49. The van der Waals surface area contributed by atoms with E-state index in [2.05, 4.69) is 5.32 Å². The summed E-state index contributed by atoms with van der Waals surface area (Å²) in [5.74, 6) is 2.26. The summed E-state index contributed by atoms with van der Waals surface area (Å²) >= 11 is -2.02. The maximum absolute atomic E-state index is 13.5. The summed E-state index contributed by atoms with van der Waals surface area (Å²) in [4.78, 5) is 0. The first-order valence-corrected chi connectivity index (χ1v) is 8.29. The molecular formula is C13H22FNO2S. The van der Waals surface area contributed by atoms with Gasteiger partial charge in [-0.15, -0.1) is 0 Å². The van der Waals surface area contributed by atoms with E-state index in [-0.39, 0.29) is 17.8 Å². The molecule has 0 heterocycles. The molecule has 4 rings (SSSR count). The Bertz CT molecular complexity index is 315. The van der Waals surface area contributed by atoms with Gasteiger partial charge in [0.15, 0.2) is 11.1 Å². The maximum Gasteiger partial charge on any atom is 0.155 e. The monoisotopic (exact) mass is 275 g/mol. The highest BCUT2D eigenvalue weighted by atomic mass is 32.2. The minimum atomic E-state index is -2.02. The number of hydrogen-bond donors (Lipinski definition) is 2. The van der Waals surface area contributed by atoms with Gasteiger partial charge in [-0.3, -0.25) is 0 Å².